The zero-order valence-corrected chi connectivity index (χ0v) is 3.68. The van der Waals surface area contributed by atoms with E-state index in [0.29, 0.717) is 0 Å². The van der Waals surface area contributed by atoms with Crippen molar-refractivity contribution >= 4 is 7.41 Å². The van der Waals surface area contributed by atoms with E-state index in [9.17, 15) is 0 Å². The summed E-state index contributed by atoms with van der Waals surface area (Å²) in [5, 5.41) is 10.2. The summed E-state index contributed by atoms with van der Waals surface area (Å²) in [4.78, 5) is 0. The van der Waals surface area contributed by atoms with E-state index in [2.05, 4.69) is 15.5 Å². The molecule has 1 aliphatic heterocycles. The monoisotopic (exact) mass is 83.1 g/mol. The van der Waals surface area contributed by atoms with Crippen LogP contribution in [0.25, 0.3) is 0 Å². The van der Waals surface area contributed by atoms with Gasteiger partial charge in [-0.3, -0.25) is 0 Å². The van der Waals surface area contributed by atoms with Crippen molar-refractivity contribution in [1.29, 1.82) is 0 Å². The molecule has 0 saturated carbocycles. The molecule has 32 valence electrons. The Morgan fingerprint density at radius 1 is 1.67 bits per heavy atom. The summed E-state index contributed by atoms with van der Waals surface area (Å²) < 4.78 is 0. The molecule has 0 fully saturated rings. The molecule has 1 heterocycles. The van der Waals surface area contributed by atoms with Crippen LogP contribution < -0.4 is 5.23 Å². The lowest BCUT2D eigenvalue weighted by Gasteiger charge is -1.83. The molecule has 0 atom stereocenters. The fraction of sp³-hybridized carbons (Fsp3) is 1.00. The molecule has 0 saturated heterocycles. The summed E-state index contributed by atoms with van der Waals surface area (Å²) in [6.07, 6.45) is 0.148. The second kappa shape index (κ2) is 1.38. The first-order chi connectivity index (χ1) is 2.93. The lowest BCUT2D eigenvalue weighted by molar-refractivity contribution is 0.890. The zero-order chi connectivity index (χ0) is 4.41. The maximum absolute atomic E-state index is 3.61. The summed E-state index contributed by atoms with van der Waals surface area (Å²) in [5.74, 6) is 0. The Balaban J connectivity index is 1.90. The predicted octanol–water partition coefficient (Wildman–Crippen LogP) is -0.275. The summed E-state index contributed by atoms with van der Waals surface area (Å²) >= 11 is 0. The van der Waals surface area contributed by atoms with Crippen LogP contribution in [-0.2, 0) is 0 Å². The SMILES string of the molecule is CBNC1N=N1. The number of rotatable bonds is 2. The van der Waals surface area contributed by atoms with Crippen LogP contribution in [0.5, 0.6) is 0 Å². The van der Waals surface area contributed by atoms with Gasteiger partial charge in [-0.2, -0.15) is 0 Å². The molecule has 0 amide bonds. The van der Waals surface area contributed by atoms with Crippen molar-refractivity contribution in [1.82, 2.24) is 5.23 Å². The molecule has 0 bridgehead atoms. The Bertz CT molecular complexity index is 65.2. The Hall–Kier alpha value is -0.375. The first kappa shape index (κ1) is 3.80. The van der Waals surface area contributed by atoms with Crippen molar-refractivity contribution in [3.05, 3.63) is 0 Å². The van der Waals surface area contributed by atoms with Crippen LogP contribution in [0.15, 0.2) is 10.2 Å². The molecule has 0 radical (unpaired) electrons. The fourth-order valence-electron chi connectivity index (χ4n) is 0.298. The summed E-state index contributed by atoms with van der Waals surface area (Å²) in [6, 6.07) is 0. The van der Waals surface area contributed by atoms with Gasteiger partial charge in [-0.05, 0) is 0 Å². The average Bonchev–Trinajstić information content (AvgIpc) is 2.21. The van der Waals surface area contributed by atoms with Crippen LogP contribution in [0.1, 0.15) is 0 Å². The lowest BCUT2D eigenvalue weighted by atomic mass is 10.0. The highest BCUT2D eigenvalue weighted by Gasteiger charge is 2.10. The number of hydrogen-bond acceptors (Lipinski definition) is 3. The largest absolute Gasteiger partial charge is 0.318 e. The van der Waals surface area contributed by atoms with Gasteiger partial charge in [0, 0.05) is 0 Å². The van der Waals surface area contributed by atoms with Crippen LogP contribution in [-0.4, -0.2) is 13.7 Å². The first-order valence-electron chi connectivity index (χ1n) is 2.07. The van der Waals surface area contributed by atoms with Crippen LogP contribution >= 0.6 is 0 Å². The second-order valence-electron chi connectivity index (χ2n) is 1.16. The van der Waals surface area contributed by atoms with Gasteiger partial charge >= 0.3 is 0 Å². The van der Waals surface area contributed by atoms with Gasteiger partial charge in [-0.25, -0.2) is 0 Å². The van der Waals surface area contributed by atoms with Crippen LogP contribution in [0, 0.1) is 0 Å². The fourth-order valence-corrected chi connectivity index (χ4v) is 0.298. The van der Waals surface area contributed by atoms with Gasteiger partial charge in [0.05, 0.1) is 0 Å². The second-order valence-corrected chi connectivity index (χ2v) is 1.16. The standard InChI is InChI=1S/C2H6BN3/c1-3-4-2-5-6-2/h2-4H,1H3. The zero-order valence-electron chi connectivity index (χ0n) is 3.68. The van der Waals surface area contributed by atoms with Crippen molar-refractivity contribution in [3.63, 3.8) is 0 Å². The highest BCUT2D eigenvalue weighted by molar-refractivity contribution is 6.30. The molecule has 0 aromatic heterocycles. The molecule has 0 aliphatic carbocycles. The lowest BCUT2D eigenvalue weighted by Crippen LogP contribution is -2.18. The van der Waals surface area contributed by atoms with Crippen molar-refractivity contribution in [3.8, 4) is 0 Å². The third-order valence-electron chi connectivity index (χ3n) is 0.618. The Morgan fingerprint density at radius 2 is 2.33 bits per heavy atom. The van der Waals surface area contributed by atoms with Gasteiger partial charge in [0.15, 0.2) is 0 Å². The summed E-state index contributed by atoms with van der Waals surface area (Å²) in [7, 11) is 0.956. The number of nitrogens with one attached hydrogen (secondary N) is 1. The molecule has 0 spiro atoms. The predicted molar refractivity (Wildman–Crippen MR) is 24.8 cm³/mol. The molecule has 1 aliphatic rings. The number of hydrogen-bond donors (Lipinski definition) is 1. The van der Waals surface area contributed by atoms with Crippen molar-refractivity contribution in [2.75, 3.05) is 0 Å². The van der Waals surface area contributed by atoms with Crippen molar-refractivity contribution in [2.45, 2.75) is 13.1 Å². The van der Waals surface area contributed by atoms with E-state index < -0.39 is 0 Å². The van der Waals surface area contributed by atoms with E-state index in [1.807, 2.05) is 6.82 Å². The molecule has 1 N–H and O–H groups in total. The van der Waals surface area contributed by atoms with Gasteiger partial charge in [0.1, 0.15) is 0 Å². The van der Waals surface area contributed by atoms with E-state index in [0.717, 1.165) is 7.41 Å². The molecule has 4 heteroatoms. The molecule has 0 aromatic carbocycles. The summed E-state index contributed by atoms with van der Waals surface area (Å²) in [5.41, 5.74) is 0. The minimum Gasteiger partial charge on any atom is -0.318 e. The minimum atomic E-state index is 0.148. The molecule has 0 aromatic rings. The van der Waals surface area contributed by atoms with Gasteiger partial charge < -0.3 is 5.23 Å². The van der Waals surface area contributed by atoms with Gasteiger partial charge in [0.2, 0.25) is 13.7 Å². The first-order valence-corrected chi connectivity index (χ1v) is 2.07. The van der Waals surface area contributed by atoms with E-state index in [4.69, 9.17) is 0 Å². The smallest absolute Gasteiger partial charge is 0.223 e. The molecule has 1 rings (SSSR count). The molecule has 3 nitrogen and oxygen atoms in total. The normalized spacial score (nSPS) is 18.2. The molecular weight excluding hydrogens is 76.9 g/mol. The van der Waals surface area contributed by atoms with Crippen molar-refractivity contribution < 1.29 is 0 Å². The molecular formula is C2H6BN3. The van der Waals surface area contributed by atoms with Gasteiger partial charge in [-0.1, -0.05) is 6.82 Å². The summed E-state index contributed by atoms with van der Waals surface area (Å²) in [6.45, 7) is 2.03. The average molecular weight is 82.9 g/mol. The van der Waals surface area contributed by atoms with Crippen LogP contribution in [0.4, 0.5) is 0 Å². The Labute approximate surface area is 37.1 Å². The third-order valence-corrected chi connectivity index (χ3v) is 0.618. The van der Waals surface area contributed by atoms with Crippen LogP contribution in [0.2, 0.25) is 6.82 Å². The van der Waals surface area contributed by atoms with Crippen molar-refractivity contribution in [2.24, 2.45) is 10.2 Å². The highest BCUT2D eigenvalue weighted by Crippen LogP contribution is 2.02. The maximum Gasteiger partial charge on any atom is 0.223 e. The van der Waals surface area contributed by atoms with Gasteiger partial charge in [0.25, 0.3) is 0 Å². The Morgan fingerprint density at radius 3 is 2.50 bits per heavy atom. The van der Waals surface area contributed by atoms with E-state index >= 15 is 0 Å². The molecule has 6 heavy (non-hydrogen) atoms. The quantitative estimate of drug-likeness (QED) is 0.458. The Kier molecular flexibility index (Phi) is 0.878. The third kappa shape index (κ3) is 0.789. The minimum absolute atomic E-state index is 0.148. The van der Waals surface area contributed by atoms with E-state index in [-0.39, 0.29) is 6.29 Å². The van der Waals surface area contributed by atoms with Gasteiger partial charge in [-0.15, -0.1) is 10.2 Å². The van der Waals surface area contributed by atoms with E-state index in [1.54, 1.807) is 0 Å². The highest BCUT2D eigenvalue weighted by atomic mass is 15.5. The topological polar surface area (TPSA) is 36.8 Å². The molecule has 0 unspecified atom stereocenters. The van der Waals surface area contributed by atoms with E-state index in [1.165, 1.54) is 0 Å². The van der Waals surface area contributed by atoms with Crippen LogP contribution in [0.3, 0.4) is 0 Å². The maximum atomic E-state index is 3.61. The number of nitrogens with zero attached hydrogens (tertiary/aromatic N) is 2.